The maximum absolute atomic E-state index is 12.3. The number of aliphatic hydroxyl groups is 1. The predicted molar refractivity (Wildman–Crippen MR) is 101 cm³/mol. The Hall–Kier alpha value is -2.99. The molecule has 0 saturated carbocycles. The number of hydrogen-bond donors (Lipinski definition) is 2. The van der Waals surface area contributed by atoms with Gasteiger partial charge in [0, 0.05) is 31.7 Å². The van der Waals surface area contributed by atoms with Crippen LogP contribution in [0.1, 0.15) is 22.2 Å². The number of ether oxygens (including phenoxy) is 1. The Morgan fingerprint density at radius 1 is 1.23 bits per heavy atom. The van der Waals surface area contributed by atoms with Crippen LogP contribution in [0, 0.1) is 0 Å². The molecule has 1 atom stereocenters. The number of furan rings is 1. The van der Waals surface area contributed by atoms with Gasteiger partial charge in [-0.1, -0.05) is 24.3 Å². The van der Waals surface area contributed by atoms with Crippen LogP contribution < -0.4 is 15.0 Å². The van der Waals surface area contributed by atoms with Crippen LogP contribution in [0.3, 0.4) is 0 Å². The second-order valence-electron chi connectivity index (χ2n) is 6.20. The number of carbonyl (C=O) groups excluding carboxylic acids is 1. The van der Waals surface area contributed by atoms with E-state index < -0.39 is 6.10 Å². The van der Waals surface area contributed by atoms with Crippen LogP contribution in [0.2, 0.25) is 0 Å². The van der Waals surface area contributed by atoms with E-state index in [0.29, 0.717) is 11.3 Å². The summed E-state index contributed by atoms with van der Waals surface area (Å²) in [6.45, 7) is 0.0916. The average molecular weight is 354 g/mol. The van der Waals surface area contributed by atoms with Crippen molar-refractivity contribution in [1.29, 1.82) is 0 Å². The highest BCUT2D eigenvalue weighted by atomic mass is 16.5. The summed E-state index contributed by atoms with van der Waals surface area (Å²) in [7, 11) is 5.46. The van der Waals surface area contributed by atoms with Gasteiger partial charge in [-0.05, 0) is 29.8 Å². The molecule has 0 aliphatic carbocycles. The molecule has 1 heterocycles. The molecule has 1 aromatic heterocycles. The van der Waals surface area contributed by atoms with Crippen molar-refractivity contribution in [2.75, 3.05) is 32.6 Å². The summed E-state index contributed by atoms with van der Waals surface area (Å²) < 4.78 is 10.8. The SMILES string of the molecule is COc1cccc2cc(C(=O)NC[C@@H](O)c3ccc(N(C)C)cc3)oc12. The Morgan fingerprint density at radius 3 is 2.62 bits per heavy atom. The molecular weight excluding hydrogens is 332 g/mol. The second kappa shape index (κ2) is 7.49. The highest BCUT2D eigenvalue weighted by Crippen LogP contribution is 2.28. The zero-order valence-corrected chi connectivity index (χ0v) is 15.0. The maximum atomic E-state index is 12.3. The Morgan fingerprint density at radius 2 is 1.96 bits per heavy atom. The number of fused-ring (bicyclic) bond motifs is 1. The first kappa shape index (κ1) is 17.8. The van der Waals surface area contributed by atoms with Crippen molar-refractivity contribution in [3.63, 3.8) is 0 Å². The molecule has 0 aliphatic heterocycles. The number of benzene rings is 2. The van der Waals surface area contributed by atoms with Crippen molar-refractivity contribution in [3.8, 4) is 5.75 Å². The third-order valence-electron chi connectivity index (χ3n) is 4.20. The highest BCUT2D eigenvalue weighted by molar-refractivity contribution is 5.97. The summed E-state index contributed by atoms with van der Waals surface area (Å²) in [5, 5.41) is 13.8. The molecule has 6 nitrogen and oxygen atoms in total. The number of hydrogen-bond acceptors (Lipinski definition) is 5. The van der Waals surface area contributed by atoms with Crippen LogP contribution in [-0.2, 0) is 0 Å². The Kier molecular flexibility index (Phi) is 5.14. The van der Waals surface area contributed by atoms with Crippen LogP contribution in [0.25, 0.3) is 11.0 Å². The lowest BCUT2D eigenvalue weighted by Gasteiger charge is -2.15. The van der Waals surface area contributed by atoms with E-state index in [2.05, 4.69) is 5.32 Å². The first-order chi connectivity index (χ1) is 12.5. The van der Waals surface area contributed by atoms with Gasteiger partial charge in [0.1, 0.15) is 0 Å². The van der Waals surface area contributed by atoms with Gasteiger partial charge < -0.3 is 24.5 Å². The van der Waals surface area contributed by atoms with Gasteiger partial charge in [-0.15, -0.1) is 0 Å². The van der Waals surface area contributed by atoms with E-state index >= 15 is 0 Å². The number of anilines is 1. The molecular formula is C20H22N2O4. The fraction of sp³-hybridized carbons (Fsp3) is 0.250. The maximum Gasteiger partial charge on any atom is 0.287 e. The minimum atomic E-state index is -0.797. The van der Waals surface area contributed by atoms with E-state index in [1.165, 1.54) is 0 Å². The number of amides is 1. The van der Waals surface area contributed by atoms with Gasteiger partial charge in [0.05, 0.1) is 13.2 Å². The molecule has 0 unspecified atom stereocenters. The van der Waals surface area contributed by atoms with Crippen LogP contribution in [0.15, 0.2) is 52.9 Å². The van der Waals surface area contributed by atoms with Gasteiger partial charge in [0.25, 0.3) is 5.91 Å². The molecule has 0 spiro atoms. The Bertz CT molecular complexity index is 900. The number of nitrogens with one attached hydrogen (secondary N) is 1. The van der Waals surface area contributed by atoms with E-state index in [4.69, 9.17) is 9.15 Å². The van der Waals surface area contributed by atoms with E-state index in [1.54, 1.807) is 19.2 Å². The van der Waals surface area contributed by atoms with Crippen molar-refractivity contribution in [2.24, 2.45) is 0 Å². The zero-order chi connectivity index (χ0) is 18.7. The number of para-hydroxylation sites is 1. The molecule has 0 fully saturated rings. The van der Waals surface area contributed by atoms with Crippen molar-refractivity contribution in [2.45, 2.75) is 6.10 Å². The van der Waals surface area contributed by atoms with Crippen molar-refractivity contribution in [1.82, 2.24) is 5.32 Å². The summed E-state index contributed by atoms with van der Waals surface area (Å²) in [5.74, 6) is 0.370. The highest BCUT2D eigenvalue weighted by Gasteiger charge is 2.16. The van der Waals surface area contributed by atoms with Crippen LogP contribution in [0.5, 0.6) is 5.75 Å². The second-order valence-corrected chi connectivity index (χ2v) is 6.20. The first-order valence-electron chi connectivity index (χ1n) is 8.29. The summed E-state index contributed by atoms with van der Waals surface area (Å²) in [5.41, 5.74) is 2.31. The van der Waals surface area contributed by atoms with Gasteiger partial charge in [-0.25, -0.2) is 0 Å². The third-order valence-corrected chi connectivity index (χ3v) is 4.20. The fourth-order valence-corrected chi connectivity index (χ4v) is 2.70. The quantitative estimate of drug-likeness (QED) is 0.712. The number of nitrogens with zero attached hydrogens (tertiary/aromatic N) is 1. The third kappa shape index (κ3) is 3.65. The molecule has 6 heteroatoms. The van der Waals surface area contributed by atoms with Crippen LogP contribution in [0.4, 0.5) is 5.69 Å². The molecule has 3 aromatic rings. The molecule has 1 amide bonds. The summed E-state index contributed by atoms with van der Waals surface area (Å²) in [6.07, 6.45) is -0.797. The lowest BCUT2D eigenvalue weighted by molar-refractivity contribution is 0.0891. The number of aliphatic hydroxyl groups excluding tert-OH is 1. The molecule has 0 saturated heterocycles. The van der Waals surface area contributed by atoms with Gasteiger partial charge >= 0.3 is 0 Å². The van der Waals surface area contributed by atoms with Gasteiger partial charge in [0.2, 0.25) is 0 Å². The van der Waals surface area contributed by atoms with E-state index in [9.17, 15) is 9.90 Å². The molecule has 0 bridgehead atoms. The van der Waals surface area contributed by atoms with E-state index in [-0.39, 0.29) is 18.2 Å². The standard InChI is InChI=1S/C20H22N2O4/c1-22(2)15-9-7-13(8-10-15)16(23)12-21-20(24)18-11-14-5-4-6-17(25-3)19(14)26-18/h4-11,16,23H,12H2,1-3H3,(H,21,24)/t16-/m1/s1. The first-order valence-corrected chi connectivity index (χ1v) is 8.29. The minimum Gasteiger partial charge on any atom is -0.493 e. The monoisotopic (exact) mass is 354 g/mol. The van der Waals surface area contributed by atoms with Gasteiger partial charge in [-0.3, -0.25) is 4.79 Å². The Balaban J connectivity index is 1.66. The van der Waals surface area contributed by atoms with Crippen molar-refractivity contribution < 1.29 is 19.1 Å². The minimum absolute atomic E-state index is 0.0916. The number of carbonyl (C=O) groups is 1. The largest absolute Gasteiger partial charge is 0.493 e. The van der Waals surface area contributed by atoms with E-state index in [1.807, 2.05) is 55.4 Å². The molecule has 2 aromatic carbocycles. The van der Waals surface area contributed by atoms with Crippen LogP contribution >= 0.6 is 0 Å². The van der Waals surface area contributed by atoms with E-state index in [0.717, 1.165) is 16.6 Å². The molecule has 0 aliphatic rings. The lowest BCUT2D eigenvalue weighted by Crippen LogP contribution is -2.28. The lowest BCUT2D eigenvalue weighted by atomic mass is 10.1. The average Bonchev–Trinajstić information content (AvgIpc) is 3.10. The normalized spacial score (nSPS) is 12.0. The van der Waals surface area contributed by atoms with Gasteiger partial charge in [-0.2, -0.15) is 0 Å². The number of rotatable bonds is 6. The van der Waals surface area contributed by atoms with Gasteiger partial charge in [0.15, 0.2) is 17.1 Å². The summed E-state index contributed by atoms with van der Waals surface area (Å²) >= 11 is 0. The topological polar surface area (TPSA) is 74.9 Å². The Labute approximate surface area is 152 Å². The molecule has 136 valence electrons. The van der Waals surface area contributed by atoms with Crippen LogP contribution in [-0.4, -0.2) is 38.8 Å². The molecule has 26 heavy (non-hydrogen) atoms. The molecule has 2 N–H and O–H groups in total. The predicted octanol–water partition coefficient (Wildman–Crippen LogP) is 2.97. The molecule has 3 rings (SSSR count). The number of methoxy groups -OCH3 is 1. The van der Waals surface area contributed by atoms with Crippen molar-refractivity contribution in [3.05, 3.63) is 59.9 Å². The zero-order valence-electron chi connectivity index (χ0n) is 15.0. The van der Waals surface area contributed by atoms with Crippen molar-refractivity contribution >= 4 is 22.6 Å². The fourth-order valence-electron chi connectivity index (χ4n) is 2.70. The smallest absolute Gasteiger partial charge is 0.287 e. The molecule has 0 radical (unpaired) electrons. The summed E-state index contributed by atoms with van der Waals surface area (Å²) in [6, 6.07) is 14.6. The summed E-state index contributed by atoms with van der Waals surface area (Å²) in [4.78, 5) is 14.3.